The van der Waals surface area contributed by atoms with Gasteiger partial charge in [-0.2, -0.15) is 0 Å². The number of carbonyl (C=O) groups is 1. The van der Waals surface area contributed by atoms with Crippen LogP contribution in [0.5, 0.6) is 0 Å². The van der Waals surface area contributed by atoms with Gasteiger partial charge >= 0.3 is 5.97 Å². The maximum atomic E-state index is 11.5. The van der Waals surface area contributed by atoms with Crippen LogP contribution in [-0.2, 0) is 9.53 Å². The molecule has 0 aromatic rings. The van der Waals surface area contributed by atoms with Crippen LogP contribution in [0.3, 0.4) is 0 Å². The highest BCUT2D eigenvalue weighted by Crippen LogP contribution is 2.64. The van der Waals surface area contributed by atoms with Gasteiger partial charge in [0.15, 0.2) is 0 Å². The smallest absolute Gasteiger partial charge is 0.302 e. The summed E-state index contributed by atoms with van der Waals surface area (Å²) in [5.41, 5.74) is 4.26. The number of allylic oxidation sites excluding steroid dienone is 4. The van der Waals surface area contributed by atoms with Crippen molar-refractivity contribution in [2.24, 2.45) is 40.4 Å². The van der Waals surface area contributed by atoms with E-state index in [1.54, 1.807) is 18.1 Å². The van der Waals surface area contributed by atoms with Gasteiger partial charge in [0.25, 0.3) is 0 Å². The third-order valence-electron chi connectivity index (χ3n) is 10.0. The number of esters is 1. The van der Waals surface area contributed by atoms with Crippen molar-refractivity contribution in [2.45, 2.75) is 112 Å². The van der Waals surface area contributed by atoms with Crippen LogP contribution in [0.4, 0.5) is 0 Å². The lowest BCUT2D eigenvalue weighted by Gasteiger charge is -2.53. The zero-order chi connectivity index (χ0) is 22.4. The summed E-state index contributed by atoms with van der Waals surface area (Å²) in [6, 6.07) is 0. The molecule has 0 heterocycles. The van der Waals surface area contributed by atoms with E-state index in [-0.39, 0.29) is 17.5 Å². The minimum atomic E-state index is -0.124. The molecule has 2 heteroatoms. The zero-order valence-electron chi connectivity index (χ0n) is 21.0. The van der Waals surface area contributed by atoms with Gasteiger partial charge < -0.3 is 4.74 Å². The van der Waals surface area contributed by atoms with E-state index in [0.717, 1.165) is 42.9 Å². The molecule has 0 spiro atoms. The van der Waals surface area contributed by atoms with Gasteiger partial charge in [-0.15, -0.1) is 0 Å². The van der Waals surface area contributed by atoms with E-state index in [9.17, 15) is 4.79 Å². The third-order valence-corrected chi connectivity index (χ3v) is 10.0. The van der Waals surface area contributed by atoms with Crippen molar-refractivity contribution in [3.05, 3.63) is 23.3 Å². The van der Waals surface area contributed by atoms with Crippen LogP contribution in [0.25, 0.3) is 0 Å². The quantitative estimate of drug-likeness (QED) is 0.404. The number of fused-ring (bicyclic) bond motifs is 4. The first kappa shape index (κ1) is 23.1. The molecule has 2 nitrogen and oxygen atoms in total. The first-order chi connectivity index (χ1) is 14.6. The van der Waals surface area contributed by atoms with E-state index in [2.05, 4.69) is 46.8 Å². The Morgan fingerprint density at radius 2 is 1.90 bits per heavy atom. The normalized spacial score (nSPS) is 40.4. The van der Waals surface area contributed by atoms with Crippen LogP contribution in [-0.4, -0.2) is 12.1 Å². The molecule has 0 amide bonds. The van der Waals surface area contributed by atoms with Gasteiger partial charge in [0.1, 0.15) is 6.10 Å². The molecule has 2 saturated carbocycles. The molecular weight excluding hydrogens is 380 g/mol. The Bertz CT molecular complexity index is 746. The van der Waals surface area contributed by atoms with Gasteiger partial charge in [-0.3, -0.25) is 4.79 Å². The fraction of sp³-hybridized carbons (Fsp3) is 0.828. The molecule has 0 saturated heterocycles. The molecule has 0 bridgehead atoms. The fourth-order valence-corrected chi connectivity index (χ4v) is 8.23. The molecule has 0 N–H and O–H groups in total. The predicted octanol–water partition coefficient (Wildman–Crippen LogP) is 7.88. The van der Waals surface area contributed by atoms with E-state index < -0.39 is 0 Å². The highest BCUT2D eigenvalue weighted by Gasteiger charge is 2.55. The second-order valence-corrected chi connectivity index (χ2v) is 12.4. The van der Waals surface area contributed by atoms with E-state index >= 15 is 0 Å². The molecule has 0 aliphatic heterocycles. The lowest BCUT2D eigenvalue weighted by Crippen LogP contribution is -2.44. The summed E-state index contributed by atoms with van der Waals surface area (Å²) < 4.78 is 5.60. The number of carbonyl (C=O) groups excluding carboxylic acids is 1. The predicted molar refractivity (Wildman–Crippen MR) is 129 cm³/mol. The summed E-state index contributed by atoms with van der Waals surface area (Å²) in [6.07, 6.45) is 18.0. The molecule has 4 aliphatic rings. The molecule has 0 aromatic heterocycles. The van der Waals surface area contributed by atoms with Gasteiger partial charge in [0.05, 0.1) is 0 Å². The fourth-order valence-electron chi connectivity index (χ4n) is 8.23. The van der Waals surface area contributed by atoms with E-state index in [1.807, 2.05) is 0 Å². The summed E-state index contributed by atoms with van der Waals surface area (Å²) in [7, 11) is 0. The van der Waals surface area contributed by atoms with Gasteiger partial charge in [0, 0.05) is 6.92 Å². The molecule has 2 fully saturated rings. The molecule has 0 aromatic carbocycles. The topological polar surface area (TPSA) is 26.3 Å². The highest BCUT2D eigenvalue weighted by atomic mass is 16.5. The van der Waals surface area contributed by atoms with Crippen molar-refractivity contribution in [2.75, 3.05) is 0 Å². The summed E-state index contributed by atoms with van der Waals surface area (Å²) >= 11 is 0. The molecule has 4 aliphatic carbocycles. The van der Waals surface area contributed by atoms with Crippen molar-refractivity contribution in [3.63, 3.8) is 0 Å². The standard InChI is InChI=1S/C29H46O2/c1-19(2)8-7-9-20(3)25-12-13-26-24-11-10-22-18-23(31-21(4)30)14-16-28(22,5)27(24)15-17-29(25,26)6/h10-11,19-20,22-23,25-26H,7-9,12-18H2,1-6H3/t20-,22+,23?,25?,26?,28?,29?/m1/s1. The Morgan fingerprint density at radius 3 is 2.61 bits per heavy atom. The molecule has 7 atom stereocenters. The van der Waals surface area contributed by atoms with Crippen LogP contribution in [0.2, 0.25) is 0 Å². The zero-order valence-corrected chi connectivity index (χ0v) is 21.0. The van der Waals surface area contributed by atoms with Gasteiger partial charge in [-0.05, 0) is 90.9 Å². The average molecular weight is 427 g/mol. The van der Waals surface area contributed by atoms with Crippen LogP contribution >= 0.6 is 0 Å². The van der Waals surface area contributed by atoms with Crippen molar-refractivity contribution in [3.8, 4) is 0 Å². The van der Waals surface area contributed by atoms with Crippen molar-refractivity contribution < 1.29 is 9.53 Å². The second kappa shape index (κ2) is 8.71. The molecule has 5 unspecified atom stereocenters. The monoisotopic (exact) mass is 426 g/mol. The molecule has 4 rings (SSSR count). The van der Waals surface area contributed by atoms with Crippen molar-refractivity contribution in [1.29, 1.82) is 0 Å². The number of ether oxygens (including phenoxy) is 1. The number of hydrogen-bond donors (Lipinski definition) is 0. The number of rotatable bonds is 6. The van der Waals surface area contributed by atoms with Crippen molar-refractivity contribution in [1.82, 2.24) is 0 Å². The first-order valence-corrected chi connectivity index (χ1v) is 13.2. The minimum absolute atomic E-state index is 0.110. The minimum Gasteiger partial charge on any atom is -0.463 e. The highest BCUT2D eigenvalue weighted by molar-refractivity contribution is 5.66. The summed E-state index contributed by atoms with van der Waals surface area (Å²) in [6.45, 7) is 14.0. The SMILES string of the molecule is CC(=O)OC1CCC2(C)C3=C(C=C[C@H]2C1)C1CCC([C@H](C)CCCC(C)C)C1(C)CC3. The Balaban J connectivity index is 1.50. The van der Waals surface area contributed by atoms with E-state index in [4.69, 9.17) is 4.74 Å². The van der Waals surface area contributed by atoms with E-state index in [0.29, 0.717) is 11.3 Å². The van der Waals surface area contributed by atoms with Gasteiger partial charge in [-0.1, -0.05) is 71.6 Å². The molecular formula is C29H46O2. The average Bonchev–Trinajstić information content (AvgIpc) is 3.05. The van der Waals surface area contributed by atoms with Crippen LogP contribution < -0.4 is 0 Å². The lowest BCUT2D eigenvalue weighted by molar-refractivity contribution is -0.149. The lowest BCUT2D eigenvalue weighted by atomic mass is 9.52. The molecule has 31 heavy (non-hydrogen) atoms. The maximum absolute atomic E-state index is 11.5. The Labute approximate surface area is 191 Å². The second-order valence-electron chi connectivity index (χ2n) is 12.4. The molecule has 174 valence electrons. The Kier molecular flexibility index (Phi) is 6.50. The van der Waals surface area contributed by atoms with Crippen LogP contribution in [0.1, 0.15) is 106 Å². The van der Waals surface area contributed by atoms with Crippen molar-refractivity contribution >= 4 is 5.97 Å². The maximum Gasteiger partial charge on any atom is 0.302 e. The third kappa shape index (κ3) is 4.18. The van der Waals surface area contributed by atoms with Crippen LogP contribution in [0.15, 0.2) is 23.3 Å². The first-order valence-electron chi connectivity index (χ1n) is 13.2. The Morgan fingerprint density at radius 1 is 1.13 bits per heavy atom. The van der Waals surface area contributed by atoms with Crippen LogP contribution in [0, 0.1) is 40.4 Å². The van der Waals surface area contributed by atoms with Gasteiger partial charge in [0.2, 0.25) is 0 Å². The number of hydrogen-bond acceptors (Lipinski definition) is 2. The molecule has 0 radical (unpaired) electrons. The summed E-state index contributed by atoms with van der Waals surface area (Å²) in [5, 5.41) is 0. The van der Waals surface area contributed by atoms with Gasteiger partial charge in [-0.25, -0.2) is 0 Å². The Hall–Kier alpha value is -1.05. The largest absolute Gasteiger partial charge is 0.463 e. The van der Waals surface area contributed by atoms with E-state index in [1.165, 1.54) is 44.9 Å². The summed E-state index contributed by atoms with van der Waals surface area (Å²) in [4.78, 5) is 11.5. The summed E-state index contributed by atoms with van der Waals surface area (Å²) in [5.74, 6) is 3.73.